The summed E-state index contributed by atoms with van der Waals surface area (Å²) in [6, 6.07) is 8.21. The lowest BCUT2D eigenvalue weighted by Crippen LogP contribution is -2.33. The molecule has 1 amide bonds. The van der Waals surface area contributed by atoms with Crippen molar-refractivity contribution in [2.24, 2.45) is 5.41 Å². The highest BCUT2D eigenvalue weighted by atomic mass is 35.5. The maximum Gasteiger partial charge on any atom is 0.229 e. The SMILES string of the molecule is CCN(CC)Cc1ccccc1CNC(=O)[C@]1(C)CC1(Cl)Cl. The molecule has 0 radical (unpaired) electrons. The summed E-state index contributed by atoms with van der Waals surface area (Å²) in [7, 11) is 0. The standard InChI is InChI=1S/C17H24Cl2N2O/c1-4-21(5-2)11-14-9-7-6-8-13(14)10-20-15(22)16(3)12-17(16,18)19/h6-9H,4-5,10-12H2,1-3H3,(H,20,22)/t16-/m0/s1. The molecular weight excluding hydrogens is 319 g/mol. The summed E-state index contributed by atoms with van der Waals surface area (Å²) >= 11 is 12.1. The van der Waals surface area contributed by atoms with Gasteiger partial charge in [-0.2, -0.15) is 0 Å². The molecule has 0 aromatic heterocycles. The van der Waals surface area contributed by atoms with E-state index >= 15 is 0 Å². The van der Waals surface area contributed by atoms with E-state index in [0.717, 1.165) is 25.2 Å². The van der Waals surface area contributed by atoms with Crippen molar-refractivity contribution in [3.63, 3.8) is 0 Å². The van der Waals surface area contributed by atoms with Gasteiger partial charge in [-0.15, -0.1) is 23.2 Å². The Balaban J connectivity index is 2.00. The number of halogens is 2. The molecule has 0 saturated heterocycles. The molecule has 1 aromatic carbocycles. The van der Waals surface area contributed by atoms with E-state index in [0.29, 0.717) is 13.0 Å². The lowest BCUT2D eigenvalue weighted by atomic mass is 10.1. The zero-order chi connectivity index (χ0) is 16.4. The van der Waals surface area contributed by atoms with Crippen molar-refractivity contribution in [3.05, 3.63) is 35.4 Å². The van der Waals surface area contributed by atoms with E-state index in [2.05, 4.69) is 36.2 Å². The number of amides is 1. The van der Waals surface area contributed by atoms with Gasteiger partial charge in [-0.3, -0.25) is 9.69 Å². The normalized spacial score (nSPS) is 22.6. The number of nitrogens with zero attached hydrogens (tertiary/aromatic N) is 1. The third-order valence-electron chi connectivity index (χ3n) is 4.61. The van der Waals surface area contributed by atoms with Crippen molar-refractivity contribution in [2.45, 2.75) is 44.6 Å². The highest BCUT2D eigenvalue weighted by Gasteiger charge is 2.67. The molecule has 22 heavy (non-hydrogen) atoms. The van der Waals surface area contributed by atoms with Crippen LogP contribution in [0.2, 0.25) is 0 Å². The van der Waals surface area contributed by atoms with Gasteiger partial charge in [-0.1, -0.05) is 38.1 Å². The molecule has 0 unspecified atom stereocenters. The fourth-order valence-corrected chi connectivity index (χ4v) is 3.30. The first-order valence-corrected chi connectivity index (χ1v) is 8.55. The summed E-state index contributed by atoms with van der Waals surface area (Å²) in [5.41, 5.74) is 1.72. The van der Waals surface area contributed by atoms with Crippen LogP contribution in [-0.2, 0) is 17.9 Å². The van der Waals surface area contributed by atoms with Crippen molar-refractivity contribution in [1.82, 2.24) is 10.2 Å². The summed E-state index contributed by atoms with van der Waals surface area (Å²) in [5, 5.41) is 2.98. The fraction of sp³-hybridized carbons (Fsp3) is 0.588. The molecule has 0 spiro atoms. The van der Waals surface area contributed by atoms with Crippen LogP contribution in [0.4, 0.5) is 0 Å². The third-order valence-corrected chi connectivity index (χ3v) is 5.71. The summed E-state index contributed by atoms with van der Waals surface area (Å²) in [6.45, 7) is 9.54. The average Bonchev–Trinajstić information content (AvgIpc) is 3.03. The highest BCUT2D eigenvalue weighted by Crippen LogP contribution is 2.63. The van der Waals surface area contributed by atoms with Crippen molar-refractivity contribution in [1.29, 1.82) is 0 Å². The van der Waals surface area contributed by atoms with Crippen LogP contribution in [0, 0.1) is 5.41 Å². The van der Waals surface area contributed by atoms with E-state index in [-0.39, 0.29) is 5.91 Å². The molecule has 1 fully saturated rings. The van der Waals surface area contributed by atoms with E-state index in [9.17, 15) is 4.79 Å². The molecule has 1 atom stereocenters. The van der Waals surface area contributed by atoms with Gasteiger partial charge in [0, 0.05) is 13.1 Å². The molecule has 1 aliphatic rings. The highest BCUT2D eigenvalue weighted by molar-refractivity contribution is 6.53. The second-order valence-corrected chi connectivity index (χ2v) is 7.61. The predicted octanol–water partition coefficient (Wildman–Crippen LogP) is 3.73. The van der Waals surface area contributed by atoms with Crippen molar-refractivity contribution in [3.8, 4) is 0 Å². The Bertz CT molecular complexity index is 543. The van der Waals surface area contributed by atoms with Crippen LogP contribution in [0.5, 0.6) is 0 Å². The molecule has 1 aliphatic carbocycles. The van der Waals surface area contributed by atoms with Crippen molar-refractivity contribution in [2.75, 3.05) is 13.1 Å². The van der Waals surface area contributed by atoms with Gasteiger partial charge in [0.05, 0.1) is 5.41 Å². The molecule has 0 bridgehead atoms. The Labute approximate surface area is 143 Å². The molecule has 1 saturated carbocycles. The monoisotopic (exact) mass is 342 g/mol. The number of carbonyl (C=O) groups is 1. The Morgan fingerprint density at radius 1 is 1.23 bits per heavy atom. The van der Waals surface area contributed by atoms with Crippen LogP contribution in [0.1, 0.15) is 38.3 Å². The average molecular weight is 343 g/mol. The third kappa shape index (κ3) is 3.58. The minimum atomic E-state index is -0.919. The molecular formula is C17H24Cl2N2O. The molecule has 0 aliphatic heterocycles. The molecule has 2 rings (SSSR count). The molecule has 1 aromatic rings. The van der Waals surface area contributed by atoms with Gasteiger partial charge in [-0.05, 0) is 37.6 Å². The number of carbonyl (C=O) groups excluding carboxylic acids is 1. The maximum atomic E-state index is 12.3. The Morgan fingerprint density at radius 2 is 1.77 bits per heavy atom. The second-order valence-electron chi connectivity index (χ2n) is 6.13. The molecule has 3 nitrogen and oxygen atoms in total. The van der Waals surface area contributed by atoms with Crippen LogP contribution >= 0.6 is 23.2 Å². The number of hydrogen-bond acceptors (Lipinski definition) is 2. The first kappa shape index (κ1) is 17.6. The lowest BCUT2D eigenvalue weighted by Gasteiger charge is -2.20. The van der Waals surface area contributed by atoms with E-state index in [1.54, 1.807) is 0 Å². The van der Waals surface area contributed by atoms with Crippen LogP contribution in [0.15, 0.2) is 24.3 Å². The first-order valence-electron chi connectivity index (χ1n) is 7.79. The zero-order valence-electron chi connectivity index (χ0n) is 13.5. The van der Waals surface area contributed by atoms with Crippen LogP contribution in [0.3, 0.4) is 0 Å². The van der Waals surface area contributed by atoms with Gasteiger partial charge >= 0.3 is 0 Å². The smallest absolute Gasteiger partial charge is 0.229 e. The summed E-state index contributed by atoms with van der Waals surface area (Å²) in [5.74, 6) is -0.0739. The van der Waals surface area contributed by atoms with Gasteiger partial charge in [-0.25, -0.2) is 0 Å². The molecule has 5 heteroatoms. The first-order chi connectivity index (χ1) is 10.3. The molecule has 122 valence electrons. The Hall–Kier alpha value is -0.770. The van der Waals surface area contributed by atoms with Crippen LogP contribution in [0.25, 0.3) is 0 Å². The zero-order valence-corrected chi connectivity index (χ0v) is 15.0. The minimum absolute atomic E-state index is 0.0739. The fourth-order valence-electron chi connectivity index (χ4n) is 2.59. The second kappa shape index (κ2) is 6.77. The van der Waals surface area contributed by atoms with E-state index < -0.39 is 9.75 Å². The van der Waals surface area contributed by atoms with Gasteiger partial charge < -0.3 is 5.32 Å². The molecule has 1 N–H and O–H groups in total. The molecule has 0 heterocycles. The number of nitrogens with one attached hydrogen (secondary N) is 1. The number of alkyl halides is 2. The van der Waals surface area contributed by atoms with E-state index in [1.807, 2.05) is 19.1 Å². The summed E-state index contributed by atoms with van der Waals surface area (Å²) in [4.78, 5) is 14.6. The Morgan fingerprint density at radius 3 is 2.27 bits per heavy atom. The van der Waals surface area contributed by atoms with Crippen LogP contribution < -0.4 is 5.32 Å². The number of hydrogen-bond donors (Lipinski definition) is 1. The van der Waals surface area contributed by atoms with E-state index in [1.165, 1.54) is 5.56 Å². The van der Waals surface area contributed by atoms with Crippen molar-refractivity contribution >= 4 is 29.1 Å². The largest absolute Gasteiger partial charge is 0.351 e. The van der Waals surface area contributed by atoms with Gasteiger partial charge in [0.1, 0.15) is 4.33 Å². The number of rotatable bonds is 7. The predicted molar refractivity (Wildman–Crippen MR) is 92.1 cm³/mol. The van der Waals surface area contributed by atoms with Crippen LogP contribution in [-0.4, -0.2) is 28.2 Å². The lowest BCUT2D eigenvalue weighted by molar-refractivity contribution is -0.125. The number of benzene rings is 1. The van der Waals surface area contributed by atoms with Crippen molar-refractivity contribution < 1.29 is 4.79 Å². The minimum Gasteiger partial charge on any atom is -0.351 e. The maximum absolute atomic E-state index is 12.3. The quantitative estimate of drug-likeness (QED) is 0.765. The van der Waals surface area contributed by atoms with Gasteiger partial charge in [0.2, 0.25) is 5.91 Å². The van der Waals surface area contributed by atoms with E-state index in [4.69, 9.17) is 23.2 Å². The Kier molecular flexibility index (Phi) is 5.41. The van der Waals surface area contributed by atoms with Gasteiger partial charge in [0.25, 0.3) is 0 Å². The summed E-state index contributed by atoms with van der Waals surface area (Å²) in [6.07, 6.45) is 0.510. The summed E-state index contributed by atoms with van der Waals surface area (Å²) < 4.78 is -0.919. The van der Waals surface area contributed by atoms with Gasteiger partial charge in [0.15, 0.2) is 0 Å². The topological polar surface area (TPSA) is 32.3 Å².